The molecule has 0 amide bonds. The summed E-state index contributed by atoms with van der Waals surface area (Å²) < 4.78 is 27.2. The molecule has 0 aliphatic rings. The molecule has 5 nitrogen and oxygen atoms in total. The third-order valence-electron chi connectivity index (χ3n) is 2.64. The zero-order valence-corrected chi connectivity index (χ0v) is 14.4. The highest BCUT2D eigenvalue weighted by molar-refractivity contribution is 6.60. The largest absolute Gasteiger partial charge is 0.500 e. The van der Waals surface area contributed by atoms with Crippen molar-refractivity contribution in [3.63, 3.8) is 0 Å². The van der Waals surface area contributed by atoms with Gasteiger partial charge in [-0.3, -0.25) is 0 Å². The number of hydrogen-bond donors (Lipinski definition) is 0. The molecule has 0 aromatic carbocycles. The molecule has 0 aromatic rings. The standard InChI is InChI=1S/C11H27O5Si2/c1-11(2)16-17(12-3)9-7-8-10-18(13-4,14-5)15-6/h11H,7-10H2,1-6H3. The maximum atomic E-state index is 5.71. The van der Waals surface area contributed by atoms with Crippen LogP contribution < -0.4 is 0 Å². The van der Waals surface area contributed by atoms with E-state index in [1.165, 1.54) is 0 Å². The molecule has 0 aliphatic carbocycles. The van der Waals surface area contributed by atoms with Gasteiger partial charge in [-0.1, -0.05) is 6.42 Å². The summed E-state index contributed by atoms with van der Waals surface area (Å²) in [6.07, 6.45) is 2.27. The fourth-order valence-corrected chi connectivity index (χ4v) is 4.92. The van der Waals surface area contributed by atoms with Gasteiger partial charge in [0.2, 0.25) is 0 Å². The van der Waals surface area contributed by atoms with Gasteiger partial charge in [0.25, 0.3) is 0 Å². The molecule has 0 bridgehead atoms. The Bertz CT molecular complexity index is 192. The molecule has 0 atom stereocenters. The van der Waals surface area contributed by atoms with Gasteiger partial charge in [0.1, 0.15) is 0 Å². The van der Waals surface area contributed by atoms with Gasteiger partial charge in [0.15, 0.2) is 0 Å². The third-order valence-corrected chi connectivity index (χ3v) is 7.43. The fourth-order valence-electron chi connectivity index (χ4n) is 1.64. The van der Waals surface area contributed by atoms with Crippen molar-refractivity contribution in [3.05, 3.63) is 0 Å². The molecule has 18 heavy (non-hydrogen) atoms. The zero-order chi connectivity index (χ0) is 14.0. The topological polar surface area (TPSA) is 46.2 Å². The Labute approximate surface area is 114 Å². The average molecular weight is 296 g/mol. The Kier molecular flexibility index (Phi) is 10.2. The molecule has 0 aliphatic heterocycles. The van der Waals surface area contributed by atoms with E-state index in [1.807, 2.05) is 13.8 Å². The molecule has 0 saturated carbocycles. The van der Waals surface area contributed by atoms with Crippen LogP contribution in [-0.4, -0.2) is 52.6 Å². The molecule has 0 rings (SSSR count). The Hall–Kier alpha value is 0.234. The molecule has 0 N–H and O–H groups in total. The second-order valence-corrected chi connectivity index (χ2v) is 9.22. The minimum atomic E-state index is -2.40. The van der Waals surface area contributed by atoms with E-state index >= 15 is 0 Å². The van der Waals surface area contributed by atoms with Crippen molar-refractivity contribution in [1.82, 2.24) is 0 Å². The lowest BCUT2D eigenvalue weighted by molar-refractivity contribution is 0.122. The summed E-state index contributed by atoms with van der Waals surface area (Å²) in [5.74, 6) is 0. The summed E-state index contributed by atoms with van der Waals surface area (Å²) in [5.41, 5.74) is 0. The molecule has 1 radical (unpaired) electrons. The van der Waals surface area contributed by atoms with Crippen molar-refractivity contribution in [2.75, 3.05) is 28.4 Å². The monoisotopic (exact) mass is 295 g/mol. The number of rotatable bonds is 11. The lowest BCUT2D eigenvalue weighted by Crippen LogP contribution is -2.42. The van der Waals surface area contributed by atoms with E-state index < -0.39 is 18.1 Å². The van der Waals surface area contributed by atoms with Crippen molar-refractivity contribution < 1.29 is 22.1 Å². The van der Waals surface area contributed by atoms with E-state index in [-0.39, 0.29) is 6.10 Å². The molecule has 109 valence electrons. The van der Waals surface area contributed by atoms with Gasteiger partial charge in [-0.25, -0.2) is 0 Å². The first-order valence-electron chi connectivity index (χ1n) is 6.25. The van der Waals surface area contributed by atoms with Crippen molar-refractivity contribution in [2.45, 2.75) is 44.9 Å². The van der Waals surface area contributed by atoms with E-state index in [2.05, 4.69) is 0 Å². The Morgan fingerprint density at radius 3 is 1.89 bits per heavy atom. The second-order valence-electron chi connectivity index (χ2n) is 4.25. The summed E-state index contributed by atoms with van der Waals surface area (Å²) in [6.45, 7) is 4.06. The van der Waals surface area contributed by atoms with E-state index in [1.54, 1.807) is 28.4 Å². The first-order valence-corrected chi connectivity index (χ1v) is 9.71. The summed E-state index contributed by atoms with van der Waals surface area (Å²) in [5, 5.41) is 0. The van der Waals surface area contributed by atoms with Crippen LogP contribution in [0.5, 0.6) is 0 Å². The molecule has 7 heteroatoms. The first kappa shape index (κ1) is 18.2. The third kappa shape index (κ3) is 6.98. The van der Waals surface area contributed by atoms with Gasteiger partial charge in [0.05, 0.1) is 0 Å². The molecular weight excluding hydrogens is 268 g/mol. The van der Waals surface area contributed by atoms with Crippen LogP contribution in [-0.2, 0) is 22.1 Å². The summed E-state index contributed by atoms with van der Waals surface area (Å²) in [7, 11) is 3.12. The summed E-state index contributed by atoms with van der Waals surface area (Å²) in [4.78, 5) is 0. The van der Waals surface area contributed by atoms with Gasteiger partial charge >= 0.3 is 18.1 Å². The van der Waals surface area contributed by atoms with Crippen LogP contribution >= 0.6 is 0 Å². The molecule has 0 unspecified atom stereocenters. The van der Waals surface area contributed by atoms with Gasteiger partial charge in [-0.2, -0.15) is 0 Å². The Morgan fingerprint density at radius 2 is 1.50 bits per heavy atom. The van der Waals surface area contributed by atoms with Gasteiger partial charge in [-0.05, 0) is 26.3 Å². The van der Waals surface area contributed by atoms with Crippen molar-refractivity contribution >= 4 is 18.1 Å². The lowest BCUT2D eigenvalue weighted by atomic mass is 10.4. The summed E-state index contributed by atoms with van der Waals surface area (Å²) >= 11 is 0. The quantitative estimate of drug-likeness (QED) is 0.432. The van der Waals surface area contributed by atoms with E-state index in [0.29, 0.717) is 0 Å². The van der Waals surface area contributed by atoms with Crippen molar-refractivity contribution in [2.24, 2.45) is 0 Å². The second kappa shape index (κ2) is 10.1. The minimum absolute atomic E-state index is 0.226. The van der Waals surface area contributed by atoms with Gasteiger partial charge in [0, 0.05) is 40.6 Å². The fraction of sp³-hybridized carbons (Fsp3) is 1.00. The van der Waals surface area contributed by atoms with Crippen LogP contribution in [0.2, 0.25) is 12.1 Å². The smallest absolute Gasteiger partial charge is 0.397 e. The molecule has 0 heterocycles. The molecule has 0 fully saturated rings. The van der Waals surface area contributed by atoms with Crippen LogP contribution in [0.25, 0.3) is 0 Å². The minimum Gasteiger partial charge on any atom is -0.397 e. The number of hydrogen-bond acceptors (Lipinski definition) is 5. The highest BCUT2D eigenvalue weighted by Crippen LogP contribution is 2.18. The first-order chi connectivity index (χ1) is 8.53. The normalized spacial score (nSPS) is 12.7. The van der Waals surface area contributed by atoms with Crippen LogP contribution in [0, 0.1) is 0 Å². The lowest BCUT2D eigenvalue weighted by Gasteiger charge is -2.24. The molecular formula is C11H27O5Si2. The van der Waals surface area contributed by atoms with Crippen LogP contribution in [0.1, 0.15) is 26.7 Å². The molecule has 0 aromatic heterocycles. The zero-order valence-electron chi connectivity index (χ0n) is 12.4. The summed E-state index contributed by atoms with van der Waals surface area (Å²) in [6, 6.07) is 1.80. The average Bonchev–Trinajstić information content (AvgIpc) is 2.38. The van der Waals surface area contributed by atoms with Crippen LogP contribution in [0.15, 0.2) is 0 Å². The Morgan fingerprint density at radius 1 is 0.944 bits per heavy atom. The maximum Gasteiger partial charge on any atom is 0.500 e. The van der Waals surface area contributed by atoms with Crippen LogP contribution in [0.4, 0.5) is 0 Å². The molecule has 0 spiro atoms. The van der Waals surface area contributed by atoms with E-state index in [9.17, 15) is 0 Å². The predicted molar refractivity (Wildman–Crippen MR) is 74.6 cm³/mol. The van der Waals surface area contributed by atoms with Gasteiger partial charge in [-0.15, -0.1) is 0 Å². The Balaban J connectivity index is 3.89. The van der Waals surface area contributed by atoms with Crippen molar-refractivity contribution in [1.29, 1.82) is 0 Å². The van der Waals surface area contributed by atoms with E-state index in [4.69, 9.17) is 22.1 Å². The van der Waals surface area contributed by atoms with Gasteiger partial charge < -0.3 is 22.1 Å². The predicted octanol–water partition coefficient (Wildman–Crippen LogP) is 2.20. The SMILES string of the molecule is CO[Si](CCCC[Si](OC)(OC)OC)OC(C)C. The maximum absolute atomic E-state index is 5.71. The molecule has 0 saturated heterocycles. The highest BCUT2D eigenvalue weighted by atomic mass is 28.4. The highest BCUT2D eigenvalue weighted by Gasteiger charge is 2.36. The van der Waals surface area contributed by atoms with E-state index in [0.717, 1.165) is 24.9 Å². The van der Waals surface area contributed by atoms with Crippen LogP contribution in [0.3, 0.4) is 0 Å². The number of unbranched alkanes of at least 4 members (excludes halogenated alkanes) is 1. The van der Waals surface area contributed by atoms with Crippen molar-refractivity contribution in [3.8, 4) is 0 Å².